The van der Waals surface area contributed by atoms with Crippen molar-refractivity contribution in [3.63, 3.8) is 0 Å². The Morgan fingerprint density at radius 2 is 2.29 bits per heavy atom. The van der Waals surface area contributed by atoms with Crippen LogP contribution in [0.1, 0.15) is 12.8 Å². The van der Waals surface area contributed by atoms with Crippen molar-refractivity contribution in [3.05, 3.63) is 0 Å². The second kappa shape index (κ2) is 4.37. The zero-order chi connectivity index (χ0) is 5.70. The van der Waals surface area contributed by atoms with Crippen LogP contribution < -0.4 is 0 Å². The fourth-order valence-electron chi connectivity index (χ4n) is 0.205. The molecular weight excluding hydrogens is 277 g/mol. The summed E-state index contributed by atoms with van der Waals surface area (Å²) >= 11 is 2.31. The SMILES string of the molecule is O=C(O)CC[CH2][Au]. The number of carbonyl (C=O) groups is 1. The molecule has 0 bridgehead atoms. The van der Waals surface area contributed by atoms with Gasteiger partial charge in [0.25, 0.3) is 0 Å². The van der Waals surface area contributed by atoms with E-state index in [-0.39, 0.29) is 0 Å². The van der Waals surface area contributed by atoms with Crippen LogP contribution in [0.5, 0.6) is 0 Å². The third-order valence-corrected chi connectivity index (χ3v) is 1.26. The van der Waals surface area contributed by atoms with E-state index in [0.29, 0.717) is 6.42 Å². The number of carboxylic acids is 1. The van der Waals surface area contributed by atoms with Crippen molar-refractivity contribution >= 4 is 5.97 Å². The summed E-state index contributed by atoms with van der Waals surface area (Å²) < 4.78 is 0.909. The summed E-state index contributed by atoms with van der Waals surface area (Å²) in [5, 5.41) is 8.04. The summed E-state index contributed by atoms with van der Waals surface area (Å²) in [6.07, 6.45) is 1.08. The van der Waals surface area contributed by atoms with Crippen molar-refractivity contribution in [1.82, 2.24) is 0 Å². The molecule has 0 saturated heterocycles. The van der Waals surface area contributed by atoms with Crippen LogP contribution in [0.25, 0.3) is 0 Å². The van der Waals surface area contributed by atoms with E-state index >= 15 is 0 Å². The van der Waals surface area contributed by atoms with Crippen LogP contribution in [-0.2, 0) is 25.9 Å². The van der Waals surface area contributed by atoms with E-state index in [2.05, 4.69) is 21.1 Å². The molecule has 0 radical (unpaired) electrons. The van der Waals surface area contributed by atoms with Crippen LogP contribution in [0.3, 0.4) is 0 Å². The Hall–Kier alpha value is 0.210. The first-order valence-electron chi connectivity index (χ1n) is 1.99. The number of rotatable bonds is 3. The maximum absolute atomic E-state index is 9.75. The molecule has 46 valence electrons. The van der Waals surface area contributed by atoms with Gasteiger partial charge in [-0.2, -0.15) is 0 Å². The average Bonchev–Trinajstić information content (AvgIpc) is 1.61. The van der Waals surface area contributed by atoms with Gasteiger partial charge in [0.2, 0.25) is 0 Å². The third-order valence-electron chi connectivity index (χ3n) is 0.497. The Kier molecular flexibility index (Phi) is 4.50. The number of carboxylic acid groups (broad SMARTS) is 1. The van der Waals surface area contributed by atoms with Crippen LogP contribution in [0.15, 0.2) is 0 Å². The molecule has 0 amide bonds. The Bertz CT molecular complexity index is 62.7. The van der Waals surface area contributed by atoms with Gasteiger partial charge in [-0.05, 0) is 0 Å². The average molecular weight is 284 g/mol. The molecule has 2 nitrogen and oxygen atoms in total. The monoisotopic (exact) mass is 284 g/mol. The Labute approximate surface area is 54.8 Å². The fourth-order valence-corrected chi connectivity index (χ4v) is 0.588. The number of hydrogen-bond acceptors (Lipinski definition) is 1. The first-order chi connectivity index (χ1) is 3.27. The number of hydrogen-bond donors (Lipinski definition) is 1. The van der Waals surface area contributed by atoms with E-state index in [1.54, 1.807) is 0 Å². The molecule has 0 heterocycles. The summed E-state index contributed by atoms with van der Waals surface area (Å²) in [4.78, 5) is 9.75. The van der Waals surface area contributed by atoms with E-state index in [1.165, 1.54) is 0 Å². The molecule has 1 N–H and O–H groups in total. The van der Waals surface area contributed by atoms with Crippen molar-refractivity contribution < 1.29 is 31.0 Å². The summed E-state index contributed by atoms with van der Waals surface area (Å²) in [6.45, 7) is 0. The fraction of sp³-hybridized carbons (Fsp3) is 0.750. The van der Waals surface area contributed by atoms with E-state index in [9.17, 15) is 4.79 Å². The third kappa shape index (κ3) is 6.21. The van der Waals surface area contributed by atoms with E-state index in [4.69, 9.17) is 5.11 Å². The van der Waals surface area contributed by atoms with Gasteiger partial charge in [-0.1, -0.05) is 0 Å². The molecule has 0 unspecified atom stereocenters. The normalized spacial score (nSPS) is 8.86. The van der Waals surface area contributed by atoms with Crippen molar-refractivity contribution in [2.75, 3.05) is 0 Å². The second-order valence-electron chi connectivity index (χ2n) is 1.15. The van der Waals surface area contributed by atoms with Crippen molar-refractivity contribution in [2.45, 2.75) is 17.5 Å². The molecule has 7 heavy (non-hydrogen) atoms. The van der Waals surface area contributed by atoms with E-state index in [0.717, 1.165) is 11.1 Å². The molecule has 0 aromatic carbocycles. The molecule has 0 aliphatic heterocycles. The van der Waals surface area contributed by atoms with Gasteiger partial charge in [0.15, 0.2) is 0 Å². The van der Waals surface area contributed by atoms with Crippen molar-refractivity contribution in [2.24, 2.45) is 0 Å². The molecular formula is C4H7AuO2. The molecule has 0 spiro atoms. The van der Waals surface area contributed by atoms with Crippen LogP contribution in [-0.4, -0.2) is 11.1 Å². The summed E-state index contributed by atoms with van der Waals surface area (Å²) in [5.74, 6) is -0.702. The van der Waals surface area contributed by atoms with Gasteiger partial charge < -0.3 is 0 Å². The topological polar surface area (TPSA) is 37.3 Å². The van der Waals surface area contributed by atoms with Crippen LogP contribution in [0, 0.1) is 0 Å². The van der Waals surface area contributed by atoms with Gasteiger partial charge in [0.05, 0.1) is 0 Å². The molecule has 0 saturated carbocycles. The first kappa shape index (κ1) is 7.21. The van der Waals surface area contributed by atoms with Gasteiger partial charge in [-0.15, -0.1) is 0 Å². The quantitative estimate of drug-likeness (QED) is 0.779. The minimum atomic E-state index is -0.702. The standard InChI is InChI=1S/C4H7O2.Au/c1-2-3-4(5)6;/h1-3H2,(H,5,6);. The summed E-state index contributed by atoms with van der Waals surface area (Å²) in [5.41, 5.74) is 0. The van der Waals surface area contributed by atoms with Crippen LogP contribution >= 0.6 is 0 Å². The maximum atomic E-state index is 9.75. The molecule has 0 fully saturated rings. The van der Waals surface area contributed by atoms with Crippen molar-refractivity contribution in [1.29, 1.82) is 0 Å². The van der Waals surface area contributed by atoms with Gasteiger partial charge in [-0.25, -0.2) is 0 Å². The van der Waals surface area contributed by atoms with Gasteiger partial charge in [-0.3, -0.25) is 0 Å². The van der Waals surface area contributed by atoms with Crippen LogP contribution in [0.4, 0.5) is 0 Å². The first-order valence-corrected chi connectivity index (χ1v) is 3.53. The van der Waals surface area contributed by atoms with E-state index in [1.807, 2.05) is 0 Å². The van der Waals surface area contributed by atoms with Gasteiger partial charge in [0, 0.05) is 0 Å². The van der Waals surface area contributed by atoms with Gasteiger partial charge >= 0.3 is 54.4 Å². The van der Waals surface area contributed by atoms with E-state index < -0.39 is 5.97 Å². The molecule has 0 aliphatic carbocycles. The molecule has 0 atom stereocenters. The predicted molar refractivity (Wildman–Crippen MR) is 21.7 cm³/mol. The Morgan fingerprint density at radius 3 is 2.43 bits per heavy atom. The zero-order valence-corrected chi connectivity index (χ0v) is 5.94. The molecule has 0 rings (SSSR count). The Morgan fingerprint density at radius 1 is 1.71 bits per heavy atom. The second-order valence-corrected chi connectivity index (χ2v) is 2.23. The molecule has 0 aromatic heterocycles. The molecule has 3 heteroatoms. The summed E-state index contributed by atoms with van der Waals surface area (Å²) in [6, 6.07) is 0. The van der Waals surface area contributed by atoms with Crippen molar-refractivity contribution in [3.8, 4) is 0 Å². The van der Waals surface area contributed by atoms with Gasteiger partial charge in [0.1, 0.15) is 0 Å². The molecule has 0 aromatic rings. The predicted octanol–water partition coefficient (Wildman–Crippen LogP) is 0.816. The number of aliphatic carboxylic acids is 1. The van der Waals surface area contributed by atoms with Crippen LogP contribution in [0.2, 0.25) is 4.64 Å². The molecule has 0 aliphatic rings. The summed E-state index contributed by atoms with van der Waals surface area (Å²) in [7, 11) is 0. The zero-order valence-electron chi connectivity index (χ0n) is 3.78. The Balaban J connectivity index is 2.82. The minimum absolute atomic E-state index is 0.302.